The molecule has 100 valence electrons. The molecule has 0 aliphatic carbocycles. The van der Waals surface area contributed by atoms with Crippen molar-refractivity contribution in [2.45, 2.75) is 4.90 Å². The third-order valence-corrected chi connectivity index (χ3v) is 2.99. The molecule has 0 atom stereocenters. The van der Waals surface area contributed by atoms with E-state index in [0.717, 1.165) is 20.3 Å². The Labute approximate surface area is 152 Å². The molecule has 1 N–H and O–H groups in total. The quantitative estimate of drug-likeness (QED) is 0.470. The molecule has 19 heavy (non-hydrogen) atoms. The predicted octanol–water partition coefficient (Wildman–Crippen LogP) is -0.142. The van der Waals surface area contributed by atoms with Crippen molar-refractivity contribution in [2.24, 2.45) is 0 Å². The molecule has 0 radical (unpaired) electrons. The van der Waals surface area contributed by atoms with Gasteiger partial charge in [-0.15, -0.1) is 0 Å². The molecule has 1 rings (SSSR count). The zero-order valence-corrected chi connectivity index (χ0v) is 10.4. The molecule has 0 unspecified atom stereocenters. The molecule has 1 aromatic rings. The van der Waals surface area contributed by atoms with E-state index in [-0.39, 0.29) is 56.9 Å². The molecule has 0 aliphatic rings. The number of carbonyl (C=O) groups is 2. The summed E-state index contributed by atoms with van der Waals surface area (Å²) in [5.74, 6) is -1.98. The Morgan fingerprint density at radius 2 is 1.63 bits per heavy atom. The van der Waals surface area contributed by atoms with E-state index in [0.29, 0.717) is 0 Å². The third kappa shape index (κ3) is 4.34. The van der Waals surface area contributed by atoms with Crippen molar-refractivity contribution in [2.75, 3.05) is 14.2 Å². The van der Waals surface area contributed by atoms with E-state index in [4.69, 9.17) is 4.55 Å². The average molecular weight is 314 g/mol. The summed E-state index contributed by atoms with van der Waals surface area (Å²) in [6.07, 6.45) is 0. The molecule has 0 saturated carbocycles. The van der Waals surface area contributed by atoms with Crippen LogP contribution in [0.5, 0.6) is 0 Å². The molecule has 7 nitrogen and oxygen atoms in total. The summed E-state index contributed by atoms with van der Waals surface area (Å²) in [6.45, 7) is 0. The maximum atomic E-state index is 11.5. The second-order valence-corrected chi connectivity index (χ2v) is 4.53. The summed E-state index contributed by atoms with van der Waals surface area (Å²) in [4.78, 5) is 22.2. The molecular weight excluding hydrogens is 303 g/mol. The first-order chi connectivity index (χ1) is 8.32. The molecule has 0 aliphatic heterocycles. The fourth-order valence-electron chi connectivity index (χ4n) is 1.34. The van der Waals surface area contributed by atoms with E-state index in [1.165, 1.54) is 12.1 Å². The van der Waals surface area contributed by atoms with Gasteiger partial charge < -0.3 is 9.47 Å². The number of carbonyl (C=O) groups excluding carboxylic acids is 2. The molecule has 0 fully saturated rings. The van der Waals surface area contributed by atoms with Gasteiger partial charge in [0.15, 0.2) is 0 Å². The van der Waals surface area contributed by atoms with Crippen LogP contribution in [0, 0.1) is 0 Å². The van der Waals surface area contributed by atoms with Crippen molar-refractivity contribution < 1.29 is 32.0 Å². The van der Waals surface area contributed by atoms with E-state index >= 15 is 0 Å². The molecule has 1 aromatic carbocycles. The van der Waals surface area contributed by atoms with Crippen LogP contribution in [-0.2, 0) is 19.6 Å². The van der Waals surface area contributed by atoms with Gasteiger partial charge in [-0.25, -0.2) is 9.59 Å². The van der Waals surface area contributed by atoms with Crippen molar-refractivity contribution in [3.8, 4) is 0 Å². The number of rotatable bonds is 3. The molecular formula is C10H11KO7S. The van der Waals surface area contributed by atoms with Crippen LogP contribution in [0.1, 0.15) is 20.7 Å². The normalized spacial score (nSPS) is 10.3. The van der Waals surface area contributed by atoms with E-state index in [9.17, 15) is 18.0 Å². The molecule has 0 amide bonds. The second-order valence-electron chi connectivity index (χ2n) is 3.14. The van der Waals surface area contributed by atoms with Crippen LogP contribution in [0.15, 0.2) is 23.1 Å². The minimum atomic E-state index is -4.66. The van der Waals surface area contributed by atoms with Gasteiger partial charge in [-0.1, -0.05) is 6.07 Å². The van der Waals surface area contributed by atoms with Crippen molar-refractivity contribution >= 4 is 73.4 Å². The summed E-state index contributed by atoms with van der Waals surface area (Å²) in [5.41, 5.74) is -0.867. The average Bonchev–Trinajstić information content (AvgIpc) is 2.34. The first kappa shape index (κ1) is 18.7. The van der Waals surface area contributed by atoms with Crippen molar-refractivity contribution in [1.82, 2.24) is 0 Å². The Balaban J connectivity index is 0.00000324. The Morgan fingerprint density at radius 3 is 2.05 bits per heavy atom. The zero-order chi connectivity index (χ0) is 13.9. The monoisotopic (exact) mass is 314 g/mol. The Hall–Kier alpha value is -0.294. The molecule has 0 aromatic heterocycles. The van der Waals surface area contributed by atoms with Gasteiger partial charge in [0.25, 0.3) is 10.1 Å². The number of methoxy groups -OCH3 is 2. The standard InChI is InChI=1S/C10H10O7S.K.H/c1-16-9(11)6-4-3-5-7(18(13,14)15)8(6)10(12)17-2;;/h3-5H,1-2H3,(H,13,14,15);;. The van der Waals surface area contributed by atoms with Gasteiger partial charge >= 0.3 is 63.3 Å². The SMILES string of the molecule is COC(=O)c1cccc(S(=O)(=O)O)c1C(=O)OC.[KH]. The summed E-state index contributed by atoms with van der Waals surface area (Å²) in [6, 6.07) is 3.36. The van der Waals surface area contributed by atoms with Crippen molar-refractivity contribution in [1.29, 1.82) is 0 Å². The van der Waals surface area contributed by atoms with Crippen LogP contribution in [0.4, 0.5) is 0 Å². The van der Waals surface area contributed by atoms with Crippen molar-refractivity contribution in [3.63, 3.8) is 0 Å². The first-order valence-electron chi connectivity index (χ1n) is 4.60. The molecule has 0 saturated heterocycles. The van der Waals surface area contributed by atoms with E-state index in [1.54, 1.807) is 0 Å². The van der Waals surface area contributed by atoms with Crippen molar-refractivity contribution in [3.05, 3.63) is 29.3 Å². The summed E-state index contributed by atoms with van der Waals surface area (Å²) >= 11 is 0. The third-order valence-electron chi connectivity index (χ3n) is 2.10. The van der Waals surface area contributed by atoms with Crippen LogP contribution < -0.4 is 0 Å². The minimum absolute atomic E-state index is 0. The van der Waals surface area contributed by atoms with Crippen LogP contribution in [0.2, 0.25) is 0 Å². The van der Waals surface area contributed by atoms with Gasteiger partial charge in [0.1, 0.15) is 4.90 Å². The number of esters is 2. The van der Waals surface area contributed by atoms with Crippen LogP contribution in [0.25, 0.3) is 0 Å². The molecule has 0 bridgehead atoms. The molecule has 0 spiro atoms. The summed E-state index contributed by atoms with van der Waals surface area (Å²) in [7, 11) is -2.57. The Morgan fingerprint density at radius 1 is 1.11 bits per heavy atom. The number of hydrogen-bond donors (Lipinski definition) is 1. The number of benzene rings is 1. The summed E-state index contributed by atoms with van der Waals surface area (Å²) < 4.78 is 40.1. The Kier molecular flexibility index (Phi) is 7.36. The van der Waals surface area contributed by atoms with E-state index in [2.05, 4.69) is 9.47 Å². The topological polar surface area (TPSA) is 107 Å². The van der Waals surface area contributed by atoms with Gasteiger partial charge in [-0.3, -0.25) is 4.55 Å². The molecule has 0 heterocycles. The van der Waals surface area contributed by atoms with E-state index in [1.807, 2.05) is 0 Å². The maximum absolute atomic E-state index is 11.5. The number of ether oxygens (including phenoxy) is 2. The zero-order valence-electron chi connectivity index (χ0n) is 9.54. The Bertz CT molecular complexity index is 594. The van der Waals surface area contributed by atoms with Gasteiger partial charge in [-0.05, 0) is 12.1 Å². The summed E-state index contributed by atoms with van der Waals surface area (Å²) in [5, 5.41) is 0. The van der Waals surface area contributed by atoms with Crippen LogP contribution >= 0.6 is 0 Å². The van der Waals surface area contributed by atoms with Gasteiger partial charge in [-0.2, -0.15) is 8.42 Å². The fourth-order valence-corrected chi connectivity index (χ4v) is 2.04. The van der Waals surface area contributed by atoms with Gasteiger partial charge in [0, 0.05) is 0 Å². The van der Waals surface area contributed by atoms with Gasteiger partial charge in [0.05, 0.1) is 25.3 Å². The second kappa shape index (κ2) is 7.48. The van der Waals surface area contributed by atoms with E-state index < -0.39 is 32.5 Å². The van der Waals surface area contributed by atoms with Gasteiger partial charge in [0.2, 0.25) is 0 Å². The number of hydrogen-bond acceptors (Lipinski definition) is 6. The predicted molar refractivity (Wildman–Crippen MR) is 66.1 cm³/mol. The fraction of sp³-hybridized carbons (Fsp3) is 0.200. The van der Waals surface area contributed by atoms with Crippen LogP contribution in [0.3, 0.4) is 0 Å². The molecule has 9 heteroatoms. The van der Waals surface area contributed by atoms with Crippen LogP contribution in [-0.4, -0.2) is 90.5 Å². The first-order valence-corrected chi connectivity index (χ1v) is 6.04.